The average Bonchev–Trinajstić information content (AvgIpc) is 2.64. The molecule has 3 rings (SSSR count). The minimum atomic E-state index is 0. The number of rotatable bonds is 5. The number of ether oxygens (including phenoxy) is 1. The van der Waals surface area contributed by atoms with Gasteiger partial charge in [-0.3, -0.25) is 4.79 Å². The molecule has 0 bridgehead atoms. The lowest BCUT2D eigenvalue weighted by molar-refractivity contribution is 0.0980. The van der Waals surface area contributed by atoms with Crippen LogP contribution in [0.3, 0.4) is 0 Å². The van der Waals surface area contributed by atoms with Gasteiger partial charge in [-0.25, -0.2) is 4.39 Å². The van der Waals surface area contributed by atoms with Gasteiger partial charge in [0.2, 0.25) is 0 Å². The van der Waals surface area contributed by atoms with Gasteiger partial charge in [-0.15, -0.1) is 12.4 Å². The van der Waals surface area contributed by atoms with Gasteiger partial charge in [-0.1, -0.05) is 18.2 Å². The van der Waals surface area contributed by atoms with Crippen LogP contribution in [0.2, 0.25) is 0 Å². The van der Waals surface area contributed by atoms with E-state index in [1.807, 2.05) is 43.0 Å². The van der Waals surface area contributed by atoms with Crippen LogP contribution in [-0.4, -0.2) is 25.6 Å². The van der Waals surface area contributed by atoms with Crippen molar-refractivity contribution in [1.29, 1.82) is 0 Å². The maximum Gasteiger partial charge on any atom is 0.258 e. The second-order valence-corrected chi connectivity index (χ2v) is 6.53. The quantitative estimate of drug-likeness (QED) is 0.835. The Labute approximate surface area is 165 Å². The van der Waals surface area contributed by atoms with Gasteiger partial charge in [-0.05, 0) is 55.2 Å². The number of carbonyl (C=O) groups excluding carboxylic acids is 1. The molecule has 0 radical (unpaired) electrons. The number of amides is 1. The Morgan fingerprint density at radius 3 is 2.59 bits per heavy atom. The molecule has 2 N–H and O–H groups in total. The molecule has 0 spiro atoms. The Morgan fingerprint density at radius 1 is 1.26 bits per heavy atom. The van der Waals surface area contributed by atoms with E-state index in [0.717, 1.165) is 28.8 Å². The van der Waals surface area contributed by atoms with Crippen molar-refractivity contribution in [3.05, 3.63) is 70.6 Å². The number of para-hydroxylation sites is 1. The third-order valence-electron chi connectivity index (χ3n) is 4.71. The predicted octanol–water partition coefficient (Wildman–Crippen LogP) is 4.12. The van der Waals surface area contributed by atoms with Crippen molar-refractivity contribution in [2.75, 3.05) is 24.6 Å². The fraction of sp³-hybridized carbons (Fsp3) is 0.286. The molecule has 0 aliphatic carbocycles. The molecule has 0 unspecified atom stereocenters. The zero-order chi connectivity index (χ0) is 18.7. The van der Waals surface area contributed by atoms with Gasteiger partial charge in [0, 0.05) is 29.9 Å². The molecule has 0 fully saturated rings. The van der Waals surface area contributed by atoms with E-state index in [1.54, 1.807) is 12.1 Å². The summed E-state index contributed by atoms with van der Waals surface area (Å²) in [6.45, 7) is 4.89. The van der Waals surface area contributed by atoms with E-state index in [1.165, 1.54) is 0 Å². The minimum absolute atomic E-state index is 0. The molecule has 0 atom stereocenters. The van der Waals surface area contributed by atoms with Gasteiger partial charge in [0.25, 0.3) is 5.91 Å². The number of halogens is 2. The number of fused-ring (bicyclic) bond motifs is 1. The first-order chi connectivity index (χ1) is 12.5. The Balaban J connectivity index is 0.00000261. The zero-order valence-corrected chi connectivity index (χ0v) is 16.3. The van der Waals surface area contributed by atoms with Gasteiger partial charge in [0.1, 0.15) is 12.4 Å². The fourth-order valence-electron chi connectivity index (χ4n) is 3.31. The van der Waals surface area contributed by atoms with Gasteiger partial charge in [0.05, 0.1) is 6.33 Å². The van der Waals surface area contributed by atoms with E-state index in [-0.39, 0.29) is 31.5 Å². The monoisotopic (exact) mass is 390 g/mol. The SMILES string of the molecule is Cc1cccc(C)c1N1CCc2cc(OC/C(=C\F)CN)ccc2C1=O.Cl. The van der Waals surface area contributed by atoms with Crippen LogP contribution in [0.25, 0.3) is 0 Å². The topological polar surface area (TPSA) is 55.6 Å². The summed E-state index contributed by atoms with van der Waals surface area (Å²) in [6, 6.07) is 11.4. The van der Waals surface area contributed by atoms with Crippen LogP contribution in [0.5, 0.6) is 5.75 Å². The fourth-order valence-corrected chi connectivity index (χ4v) is 3.31. The second kappa shape index (κ2) is 9.02. The highest BCUT2D eigenvalue weighted by atomic mass is 35.5. The number of hydrogen-bond acceptors (Lipinski definition) is 3. The van der Waals surface area contributed by atoms with Crippen molar-refractivity contribution in [2.45, 2.75) is 20.3 Å². The molecule has 0 saturated heterocycles. The molecule has 6 heteroatoms. The molecule has 144 valence electrons. The van der Waals surface area contributed by atoms with Gasteiger partial charge < -0.3 is 15.4 Å². The van der Waals surface area contributed by atoms with E-state index in [0.29, 0.717) is 29.8 Å². The number of hydrogen-bond donors (Lipinski definition) is 1. The summed E-state index contributed by atoms with van der Waals surface area (Å²) in [7, 11) is 0. The number of nitrogens with two attached hydrogens (primary N) is 1. The first kappa shape index (κ1) is 20.9. The lowest BCUT2D eigenvalue weighted by atomic mass is 9.96. The Kier molecular flexibility index (Phi) is 6.99. The van der Waals surface area contributed by atoms with Crippen LogP contribution in [0.4, 0.5) is 10.1 Å². The van der Waals surface area contributed by atoms with E-state index in [4.69, 9.17) is 10.5 Å². The Morgan fingerprint density at radius 2 is 1.96 bits per heavy atom. The summed E-state index contributed by atoms with van der Waals surface area (Å²) in [6.07, 6.45) is 1.22. The van der Waals surface area contributed by atoms with Crippen molar-refractivity contribution < 1.29 is 13.9 Å². The normalized spacial score (nSPS) is 13.9. The molecule has 0 saturated carbocycles. The zero-order valence-electron chi connectivity index (χ0n) is 15.5. The average molecular weight is 391 g/mol. The number of benzene rings is 2. The molecule has 1 amide bonds. The van der Waals surface area contributed by atoms with Crippen molar-refractivity contribution in [3.63, 3.8) is 0 Å². The Hall–Kier alpha value is -2.37. The summed E-state index contributed by atoms with van der Waals surface area (Å²) in [5.74, 6) is 0.617. The summed E-state index contributed by atoms with van der Waals surface area (Å²) >= 11 is 0. The highest BCUT2D eigenvalue weighted by Gasteiger charge is 2.27. The van der Waals surface area contributed by atoms with Crippen molar-refractivity contribution >= 4 is 24.0 Å². The maximum atomic E-state index is 13.0. The molecule has 27 heavy (non-hydrogen) atoms. The summed E-state index contributed by atoms with van der Waals surface area (Å²) < 4.78 is 18.2. The molecule has 4 nitrogen and oxygen atoms in total. The molecule has 2 aromatic rings. The first-order valence-electron chi connectivity index (χ1n) is 8.67. The van der Waals surface area contributed by atoms with Crippen LogP contribution >= 0.6 is 12.4 Å². The molecule has 0 aromatic heterocycles. The predicted molar refractivity (Wildman–Crippen MR) is 109 cm³/mol. The van der Waals surface area contributed by atoms with Crippen LogP contribution in [-0.2, 0) is 6.42 Å². The highest BCUT2D eigenvalue weighted by Crippen LogP contribution is 2.31. The smallest absolute Gasteiger partial charge is 0.258 e. The maximum absolute atomic E-state index is 13.0. The first-order valence-corrected chi connectivity index (χ1v) is 8.67. The number of anilines is 1. The third-order valence-corrected chi connectivity index (χ3v) is 4.71. The third kappa shape index (κ3) is 4.31. The van der Waals surface area contributed by atoms with Gasteiger partial charge in [0.15, 0.2) is 0 Å². The summed E-state index contributed by atoms with van der Waals surface area (Å²) in [5, 5.41) is 0. The van der Waals surface area contributed by atoms with Crippen molar-refractivity contribution in [3.8, 4) is 5.75 Å². The molecular formula is C21H24ClFN2O2. The number of aryl methyl sites for hydroxylation is 2. The van der Waals surface area contributed by atoms with Crippen molar-refractivity contribution in [1.82, 2.24) is 0 Å². The highest BCUT2D eigenvalue weighted by molar-refractivity contribution is 6.09. The number of carbonyl (C=O) groups is 1. The van der Waals surface area contributed by atoms with E-state index >= 15 is 0 Å². The lowest BCUT2D eigenvalue weighted by Crippen LogP contribution is -2.38. The van der Waals surface area contributed by atoms with Gasteiger partial charge in [-0.2, -0.15) is 0 Å². The molecule has 1 aliphatic rings. The summed E-state index contributed by atoms with van der Waals surface area (Å²) in [4.78, 5) is 14.9. The van der Waals surface area contributed by atoms with Crippen LogP contribution in [0.1, 0.15) is 27.0 Å². The molecule has 1 heterocycles. The molecular weight excluding hydrogens is 367 g/mol. The standard InChI is InChI=1S/C21H23FN2O2.ClH/c1-14-4-3-5-15(2)20(14)24-9-8-17-10-18(6-7-19(17)21(24)25)26-13-16(11-22)12-23;/h3-7,10-11H,8-9,12-13,23H2,1-2H3;1H/b16-11-;. The van der Waals surface area contributed by atoms with E-state index in [2.05, 4.69) is 0 Å². The molecule has 2 aromatic carbocycles. The van der Waals surface area contributed by atoms with Crippen molar-refractivity contribution in [2.24, 2.45) is 5.73 Å². The molecule has 1 aliphatic heterocycles. The largest absolute Gasteiger partial charge is 0.489 e. The van der Waals surface area contributed by atoms with E-state index < -0.39 is 0 Å². The van der Waals surface area contributed by atoms with Crippen LogP contribution in [0, 0.1) is 13.8 Å². The summed E-state index contributed by atoms with van der Waals surface area (Å²) in [5.41, 5.74) is 10.6. The Bertz CT molecular complexity index is 847. The van der Waals surface area contributed by atoms with E-state index in [9.17, 15) is 9.18 Å². The van der Waals surface area contributed by atoms with Crippen LogP contribution < -0.4 is 15.4 Å². The van der Waals surface area contributed by atoms with Crippen LogP contribution in [0.15, 0.2) is 48.3 Å². The second-order valence-electron chi connectivity index (χ2n) is 6.53. The number of nitrogens with zero attached hydrogens (tertiary/aromatic N) is 1. The lowest BCUT2D eigenvalue weighted by Gasteiger charge is -2.31. The van der Waals surface area contributed by atoms with Gasteiger partial charge >= 0.3 is 0 Å². The minimum Gasteiger partial charge on any atom is -0.489 e.